The highest BCUT2D eigenvalue weighted by molar-refractivity contribution is 5.87. The Morgan fingerprint density at radius 1 is 1.19 bits per heavy atom. The van der Waals surface area contributed by atoms with E-state index in [1.54, 1.807) is 6.20 Å². The molecule has 0 unspecified atom stereocenters. The van der Waals surface area contributed by atoms with Gasteiger partial charge in [-0.15, -0.1) is 0 Å². The summed E-state index contributed by atoms with van der Waals surface area (Å²) in [6.07, 6.45) is 10.4. The first kappa shape index (κ1) is 17.3. The van der Waals surface area contributed by atoms with Crippen LogP contribution in [-0.4, -0.2) is 60.2 Å². The second-order valence-electron chi connectivity index (χ2n) is 7.50. The largest absolute Gasteiger partial charge is 0.356 e. The van der Waals surface area contributed by atoms with Gasteiger partial charge in [-0.05, 0) is 44.6 Å². The molecule has 1 saturated heterocycles. The SMILES string of the molecule is O=CNC1CCC(CCN2CCN(c3noc4ccncc34)CC2)CC1. The van der Waals surface area contributed by atoms with E-state index in [0.29, 0.717) is 6.04 Å². The fourth-order valence-electron chi connectivity index (χ4n) is 4.26. The molecule has 26 heavy (non-hydrogen) atoms. The molecule has 2 aliphatic rings. The minimum atomic E-state index is 0.402. The van der Waals surface area contributed by atoms with E-state index in [4.69, 9.17) is 4.52 Å². The number of carbonyl (C=O) groups excluding carboxylic acids is 1. The van der Waals surface area contributed by atoms with Gasteiger partial charge in [-0.2, -0.15) is 0 Å². The van der Waals surface area contributed by atoms with Crippen molar-refractivity contribution < 1.29 is 9.32 Å². The van der Waals surface area contributed by atoms with Crippen molar-refractivity contribution in [2.45, 2.75) is 38.1 Å². The van der Waals surface area contributed by atoms with Crippen LogP contribution in [0.4, 0.5) is 5.82 Å². The summed E-state index contributed by atoms with van der Waals surface area (Å²) in [6.45, 7) is 5.26. The minimum absolute atomic E-state index is 0.402. The number of aromatic nitrogens is 2. The topological polar surface area (TPSA) is 74.5 Å². The van der Waals surface area contributed by atoms with Gasteiger partial charge in [-0.3, -0.25) is 14.7 Å². The van der Waals surface area contributed by atoms with Gasteiger partial charge in [0.25, 0.3) is 0 Å². The quantitative estimate of drug-likeness (QED) is 0.798. The summed E-state index contributed by atoms with van der Waals surface area (Å²) >= 11 is 0. The van der Waals surface area contributed by atoms with Gasteiger partial charge in [0, 0.05) is 50.7 Å². The minimum Gasteiger partial charge on any atom is -0.356 e. The van der Waals surface area contributed by atoms with Crippen molar-refractivity contribution in [3.05, 3.63) is 18.5 Å². The normalized spacial score (nSPS) is 24.7. The molecule has 0 bridgehead atoms. The van der Waals surface area contributed by atoms with Crippen LogP contribution in [0.3, 0.4) is 0 Å². The lowest BCUT2D eigenvalue weighted by atomic mass is 9.84. The van der Waals surface area contributed by atoms with Crippen LogP contribution < -0.4 is 10.2 Å². The average molecular weight is 357 g/mol. The van der Waals surface area contributed by atoms with Crippen molar-refractivity contribution in [1.29, 1.82) is 0 Å². The molecular weight excluding hydrogens is 330 g/mol. The van der Waals surface area contributed by atoms with Gasteiger partial charge in [0.05, 0.1) is 5.39 Å². The second kappa shape index (κ2) is 8.03. The number of nitrogens with zero attached hydrogens (tertiary/aromatic N) is 4. The first-order valence-electron chi connectivity index (χ1n) is 9.70. The number of hydrogen-bond donors (Lipinski definition) is 1. The van der Waals surface area contributed by atoms with E-state index in [9.17, 15) is 4.79 Å². The van der Waals surface area contributed by atoms with Crippen molar-refractivity contribution in [3.63, 3.8) is 0 Å². The summed E-state index contributed by atoms with van der Waals surface area (Å²) < 4.78 is 5.41. The number of fused-ring (bicyclic) bond motifs is 1. The van der Waals surface area contributed by atoms with Crippen LogP contribution in [0.5, 0.6) is 0 Å². The Labute approximate surface area is 153 Å². The van der Waals surface area contributed by atoms with Gasteiger partial charge in [0.15, 0.2) is 11.4 Å². The van der Waals surface area contributed by atoms with Crippen molar-refractivity contribution in [1.82, 2.24) is 20.4 Å². The van der Waals surface area contributed by atoms with Gasteiger partial charge < -0.3 is 14.7 Å². The molecule has 1 aliphatic carbocycles. The summed E-state index contributed by atoms with van der Waals surface area (Å²) in [4.78, 5) is 19.6. The molecule has 7 heteroatoms. The number of rotatable bonds is 6. The average Bonchev–Trinajstić information content (AvgIpc) is 3.12. The molecule has 2 fully saturated rings. The lowest BCUT2D eigenvalue weighted by Crippen LogP contribution is -2.47. The molecular formula is C19H27N5O2. The van der Waals surface area contributed by atoms with Crippen LogP contribution in [0.25, 0.3) is 11.0 Å². The third-order valence-corrected chi connectivity index (χ3v) is 5.93. The van der Waals surface area contributed by atoms with E-state index >= 15 is 0 Å². The number of hydrogen-bond acceptors (Lipinski definition) is 6. The molecule has 2 aromatic heterocycles. The van der Waals surface area contributed by atoms with Crippen molar-refractivity contribution in [2.75, 3.05) is 37.6 Å². The molecule has 0 aromatic carbocycles. The number of pyridine rings is 1. The molecule has 3 heterocycles. The fourth-order valence-corrected chi connectivity index (χ4v) is 4.26. The summed E-state index contributed by atoms with van der Waals surface area (Å²) in [5, 5.41) is 8.18. The first-order valence-corrected chi connectivity index (χ1v) is 9.70. The van der Waals surface area contributed by atoms with Crippen molar-refractivity contribution in [2.24, 2.45) is 5.92 Å². The Bertz CT molecular complexity index is 718. The van der Waals surface area contributed by atoms with Gasteiger partial charge in [-0.25, -0.2) is 0 Å². The molecule has 0 atom stereocenters. The number of anilines is 1. The van der Waals surface area contributed by atoms with E-state index < -0.39 is 0 Å². The van der Waals surface area contributed by atoms with Gasteiger partial charge in [-0.1, -0.05) is 5.16 Å². The zero-order chi connectivity index (χ0) is 17.8. The Hall–Kier alpha value is -2.15. The molecule has 0 radical (unpaired) electrons. The Morgan fingerprint density at radius 2 is 2.00 bits per heavy atom. The smallest absolute Gasteiger partial charge is 0.207 e. The van der Waals surface area contributed by atoms with Gasteiger partial charge >= 0.3 is 0 Å². The van der Waals surface area contributed by atoms with Gasteiger partial charge in [0.1, 0.15) is 0 Å². The van der Waals surface area contributed by atoms with E-state index in [-0.39, 0.29) is 0 Å². The zero-order valence-corrected chi connectivity index (χ0v) is 15.1. The standard InChI is InChI=1S/C19H27N5O2/c25-14-21-16-3-1-15(2-4-16)6-8-23-9-11-24(12-10-23)19-17-13-20-7-5-18(17)26-22-19/h5,7,13-16H,1-4,6,8-12H2,(H,21,25). The number of amides is 1. The Morgan fingerprint density at radius 3 is 2.77 bits per heavy atom. The molecule has 1 aliphatic heterocycles. The maximum Gasteiger partial charge on any atom is 0.207 e. The third kappa shape index (κ3) is 3.82. The van der Waals surface area contributed by atoms with Crippen LogP contribution in [0, 0.1) is 5.92 Å². The van der Waals surface area contributed by atoms with Crippen molar-refractivity contribution in [3.8, 4) is 0 Å². The fraction of sp³-hybridized carbons (Fsp3) is 0.632. The molecule has 7 nitrogen and oxygen atoms in total. The predicted molar refractivity (Wildman–Crippen MR) is 100 cm³/mol. The Balaban J connectivity index is 1.22. The zero-order valence-electron chi connectivity index (χ0n) is 15.1. The maximum atomic E-state index is 10.5. The van der Waals surface area contributed by atoms with Crippen molar-refractivity contribution >= 4 is 23.2 Å². The molecule has 1 amide bonds. The first-order chi connectivity index (χ1) is 12.8. The number of piperazine rings is 1. The third-order valence-electron chi connectivity index (χ3n) is 5.93. The number of nitrogens with one attached hydrogen (secondary N) is 1. The van der Waals surface area contributed by atoms with E-state index in [1.807, 2.05) is 12.3 Å². The van der Waals surface area contributed by atoms with E-state index in [0.717, 1.165) is 68.1 Å². The summed E-state index contributed by atoms with van der Waals surface area (Å²) in [5.41, 5.74) is 0.803. The van der Waals surface area contributed by atoms with Crippen LogP contribution in [-0.2, 0) is 4.79 Å². The molecule has 4 rings (SSSR count). The predicted octanol–water partition coefficient (Wildman–Crippen LogP) is 2.04. The summed E-state index contributed by atoms with van der Waals surface area (Å²) in [7, 11) is 0. The molecule has 1 N–H and O–H groups in total. The van der Waals surface area contributed by atoms with Crippen LogP contribution in [0.15, 0.2) is 23.0 Å². The van der Waals surface area contributed by atoms with E-state index in [1.165, 1.54) is 25.8 Å². The second-order valence-corrected chi connectivity index (χ2v) is 7.50. The van der Waals surface area contributed by atoms with Crippen LogP contribution in [0.2, 0.25) is 0 Å². The highest BCUT2D eigenvalue weighted by Gasteiger charge is 2.24. The summed E-state index contributed by atoms with van der Waals surface area (Å²) in [6, 6.07) is 2.26. The molecule has 1 saturated carbocycles. The highest BCUT2D eigenvalue weighted by atomic mass is 16.5. The molecule has 140 valence electrons. The molecule has 0 spiro atoms. The maximum absolute atomic E-state index is 10.5. The lowest BCUT2D eigenvalue weighted by Gasteiger charge is -2.36. The van der Waals surface area contributed by atoms with E-state index in [2.05, 4.69) is 25.3 Å². The van der Waals surface area contributed by atoms with Crippen LogP contribution >= 0.6 is 0 Å². The van der Waals surface area contributed by atoms with Crippen LogP contribution in [0.1, 0.15) is 32.1 Å². The summed E-state index contributed by atoms with van der Waals surface area (Å²) in [5.74, 6) is 1.73. The monoisotopic (exact) mass is 357 g/mol. The number of carbonyl (C=O) groups is 1. The highest BCUT2D eigenvalue weighted by Crippen LogP contribution is 2.28. The molecule has 2 aromatic rings. The Kier molecular flexibility index (Phi) is 5.34. The van der Waals surface area contributed by atoms with Gasteiger partial charge in [0.2, 0.25) is 6.41 Å². The lowest BCUT2D eigenvalue weighted by molar-refractivity contribution is -0.110.